The number of aromatic nitrogens is 2. The van der Waals surface area contributed by atoms with Crippen LogP contribution in [-0.4, -0.2) is 15.1 Å². The first-order valence-electron chi connectivity index (χ1n) is 4.77. The van der Waals surface area contributed by atoms with Crippen molar-refractivity contribution < 1.29 is 22.7 Å². The van der Waals surface area contributed by atoms with Crippen LogP contribution >= 0.6 is 0 Å². The van der Waals surface area contributed by atoms with Crippen LogP contribution < -0.4 is 0 Å². The molecule has 2 aromatic rings. The number of benzene rings is 1. The predicted octanol–water partition coefficient (Wildman–Crippen LogP) is 3.01. The summed E-state index contributed by atoms with van der Waals surface area (Å²) < 4.78 is 50.2. The van der Waals surface area contributed by atoms with Crippen LogP contribution in [0.1, 0.15) is 5.82 Å². The molecule has 0 spiro atoms. The molecule has 0 fully saturated rings. The third kappa shape index (κ3) is 2.39. The molecular weight excluding hydrogens is 252 g/mol. The first-order valence-corrected chi connectivity index (χ1v) is 4.77. The van der Waals surface area contributed by atoms with Crippen molar-refractivity contribution in [3.8, 4) is 17.0 Å². The molecule has 0 amide bonds. The predicted molar refractivity (Wildman–Crippen MR) is 54.1 cm³/mol. The van der Waals surface area contributed by atoms with Crippen LogP contribution in [0.4, 0.5) is 17.6 Å². The fraction of sp³-hybridized carbons (Fsp3) is 0.0909. The summed E-state index contributed by atoms with van der Waals surface area (Å²) in [7, 11) is 0. The Morgan fingerprint density at radius 3 is 2.44 bits per heavy atom. The molecule has 1 heterocycles. The Morgan fingerprint density at radius 2 is 1.83 bits per heavy atom. The second-order valence-corrected chi connectivity index (χ2v) is 3.43. The Labute approximate surface area is 98.7 Å². The highest BCUT2D eigenvalue weighted by Gasteiger charge is 2.34. The molecule has 0 aliphatic heterocycles. The monoisotopic (exact) mass is 258 g/mol. The number of nitrogens with zero attached hydrogens (tertiary/aromatic N) is 2. The molecule has 0 saturated heterocycles. The molecule has 94 valence electrons. The maximum atomic E-state index is 13.1. The molecule has 7 heteroatoms. The van der Waals surface area contributed by atoms with Crippen molar-refractivity contribution in [2.45, 2.75) is 6.18 Å². The standard InChI is InChI=1S/C11H6F4N2O/c12-7-5-6(1-2-9(7)18)8-3-4-16-10(17-8)11(13,14)15/h1-5,18H. The van der Waals surface area contributed by atoms with Crippen LogP contribution in [0.3, 0.4) is 0 Å². The quantitative estimate of drug-likeness (QED) is 0.800. The first kappa shape index (κ1) is 12.3. The second-order valence-electron chi connectivity index (χ2n) is 3.43. The number of aromatic hydroxyl groups is 1. The van der Waals surface area contributed by atoms with Crippen LogP contribution in [0, 0.1) is 5.82 Å². The lowest BCUT2D eigenvalue weighted by Crippen LogP contribution is -2.10. The number of halogens is 4. The summed E-state index contributed by atoms with van der Waals surface area (Å²) in [5.74, 6) is -2.81. The van der Waals surface area contributed by atoms with E-state index in [2.05, 4.69) is 9.97 Å². The number of rotatable bonds is 1. The van der Waals surface area contributed by atoms with Crippen molar-refractivity contribution in [2.24, 2.45) is 0 Å². The van der Waals surface area contributed by atoms with E-state index in [-0.39, 0.29) is 11.3 Å². The van der Waals surface area contributed by atoms with Crippen LogP contribution in [0.25, 0.3) is 11.3 Å². The zero-order valence-corrected chi connectivity index (χ0v) is 8.74. The van der Waals surface area contributed by atoms with Gasteiger partial charge in [0.25, 0.3) is 0 Å². The third-order valence-electron chi connectivity index (χ3n) is 2.15. The van der Waals surface area contributed by atoms with Crippen molar-refractivity contribution in [2.75, 3.05) is 0 Å². The van der Waals surface area contributed by atoms with Gasteiger partial charge in [-0.3, -0.25) is 0 Å². The molecule has 0 aliphatic carbocycles. The first-order chi connectivity index (χ1) is 8.38. The number of phenolic OH excluding ortho intramolecular Hbond substituents is 1. The molecule has 3 nitrogen and oxygen atoms in total. The van der Waals surface area contributed by atoms with Crippen molar-refractivity contribution in [1.29, 1.82) is 0 Å². The summed E-state index contributed by atoms with van der Waals surface area (Å²) >= 11 is 0. The van der Waals surface area contributed by atoms with Gasteiger partial charge < -0.3 is 5.11 Å². The molecule has 0 saturated carbocycles. The van der Waals surface area contributed by atoms with Crippen LogP contribution in [0.15, 0.2) is 30.5 Å². The highest BCUT2D eigenvalue weighted by Crippen LogP contribution is 2.28. The summed E-state index contributed by atoms with van der Waals surface area (Å²) in [6.07, 6.45) is -3.72. The van der Waals surface area contributed by atoms with Gasteiger partial charge in [0.1, 0.15) is 0 Å². The maximum Gasteiger partial charge on any atom is 0.451 e. The van der Waals surface area contributed by atoms with E-state index in [1.807, 2.05) is 0 Å². The van der Waals surface area contributed by atoms with Gasteiger partial charge in [0, 0.05) is 11.8 Å². The van der Waals surface area contributed by atoms with Gasteiger partial charge in [-0.25, -0.2) is 14.4 Å². The van der Waals surface area contributed by atoms with Gasteiger partial charge in [0.05, 0.1) is 5.69 Å². The normalized spacial score (nSPS) is 11.6. The van der Waals surface area contributed by atoms with Crippen LogP contribution in [0.2, 0.25) is 0 Å². The van der Waals surface area contributed by atoms with Crippen molar-refractivity contribution in [3.63, 3.8) is 0 Å². The molecule has 2 rings (SSSR count). The Morgan fingerprint density at radius 1 is 1.11 bits per heavy atom. The van der Waals surface area contributed by atoms with E-state index >= 15 is 0 Å². The molecule has 0 atom stereocenters. The van der Waals surface area contributed by atoms with Gasteiger partial charge in [-0.05, 0) is 24.3 Å². The number of hydrogen-bond donors (Lipinski definition) is 1. The molecule has 1 aromatic heterocycles. The lowest BCUT2D eigenvalue weighted by atomic mass is 10.1. The van der Waals surface area contributed by atoms with Gasteiger partial charge in [0.15, 0.2) is 11.6 Å². The van der Waals surface area contributed by atoms with Gasteiger partial charge in [-0.15, -0.1) is 0 Å². The Kier molecular flexibility index (Phi) is 2.90. The molecule has 0 unspecified atom stereocenters. The van der Waals surface area contributed by atoms with Gasteiger partial charge >= 0.3 is 6.18 Å². The van der Waals surface area contributed by atoms with Gasteiger partial charge in [0.2, 0.25) is 5.82 Å². The van der Waals surface area contributed by atoms with E-state index in [0.717, 1.165) is 18.3 Å². The third-order valence-corrected chi connectivity index (χ3v) is 2.15. The zero-order valence-electron chi connectivity index (χ0n) is 8.74. The summed E-state index contributed by atoms with van der Waals surface area (Å²) in [5, 5.41) is 8.99. The van der Waals surface area contributed by atoms with Crippen LogP contribution in [0.5, 0.6) is 5.75 Å². The average Bonchev–Trinajstić information content (AvgIpc) is 2.32. The summed E-state index contributed by atoms with van der Waals surface area (Å²) in [6.45, 7) is 0. The summed E-state index contributed by atoms with van der Waals surface area (Å²) in [4.78, 5) is 6.40. The minimum atomic E-state index is -4.66. The van der Waals surface area contributed by atoms with Gasteiger partial charge in [-0.1, -0.05) is 0 Å². The molecule has 0 bridgehead atoms. The van der Waals surface area contributed by atoms with E-state index < -0.39 is 23.6 Å². The minimum absolute atomic E-state index is 0.0729. The van der Waals surface area contributed by atoms with E-state index in [1.54, 1.807) is 0 Å². The van der Waals surface area contributed by atoms with Crippen molar-refractivity contribution >= 4 is 0 Å². The Balaban J connectivity index is 2.48. The van der Waals surface area contributed by atoms with E-state index in [9.17, 15) is 17.6 Å². The van der Waals surface area contributed by atoms with Crippen molar-refractivity contribution in [1.82, 2.24) is 9.97 Å². The topological polar surface area (TPSA) is 46.0 Å². The minimum Gasteiger partial charge on any atom is -0.505 e. The lowest BCUT2D eigenvalue weighted by molar-refractivity contribution is -0.144. The zero-order chi connectivity index (χ0) is 13.3. The number of phenols is 1. The summed E-state index contributed by atoms with van der Waals surface area (Å²) in [5.41, 5.74) is 0.0504. The molecule has 0 aliphatic rings. The largest absolute Gasteiger partial charge is 0.505 e. The van der Waals surface area contributed by atoms with Crippen LogP contribution in [-0.2, 0) is 6.18 Å². The number of hydrogen-bond acceptors (Lipinski definition) is 3. The maximum absolute atomic E-state index is 13.1. The molecule has 18 heavy (non-hydrogen) atoms. The highest BCUT2D eigenvalue weighted by atomic mass is 19.4. The molecule has 0 radical (unpaired) electrons. The lowest BCUT2D eigenvalue weighted by Gasteiger charge is -2.07. The molecule has 1 aromatic carbocycles. The van der Waals surface area contributed by atoms with E-state index in [0.29, 0.717) is 0 Å². The Bertz CT molecular complexity index is 583. The smallest absolute Gasteiger partial charge is 0.451 e. The van der Waals surface area contributed by atoms with E-state index in [4.69, 9.17) is 5.11 Å². The Hall–Kier alpha value is -2.18. The SMILES string of the molecule is Oc1ccc(-c2ccnc(C(F)(F)F)n2)cc1F. The summed E-state index contributed by atoms with van der Waals surface area (Å²) in [6, 6.07) is 4.43. The fourth-order valence-electron chi connectivity index (χ4n) is 1.32. The van der Waals surface area contributed by atoms with Gasteiger partial charge in [-0.2, -0.15) is 13.2 Å². The van der Waals surface area contributed by atoms with Crippen molar-refractivity contribution in [3.05, 3.63) is 42.1 Å². The highest BCUT2D eigenvalue weighted by molar-refractivity contribution is 5.59. The molecule has 1 N–H and O–H groups in total. The number of alkyl halides is 3. The average molecular weight is 258 g/mol. The molecular formula is C11H6F4N2O. The second kappa shape index (κ2) is 4.25. The fourth-order valence-corrected chi connectivity index (χ4v) is 1.32. The van der Waals surface area contributed by atoms with E-state index in [1.165, 1.54) is 12.1 Å².